The van der Waals surface area contributed by atoms with E-state index in [4.69, 9.17) is 14.6 Å². The Kier molecular flexibility index (Phi) is 8.68. The molecule has 0 heterocycles. The molecule has 0 aromatic heterocycles. The summed E-state index contributed by atoms with van der Waals surface area (Å²) in [6.07, 6.45) is 1.36. The number of phenolic OH excluding ortho intramolecular Hbond substituents is 1. The van der Waals surface area contributed by atoms with Gasteiger partial charge in [-0.25, -0.2) is 0 Å². The number of carbonyl (C=O) groups is 2. The van der Waals surface area contributed by atoms with Gasteiger partial charge in [-0.15, -0.1) is 0 Å². The smallest absolute Gasteiger partial charge is 0.306 e. The van der Waals surface area contributed by atoms with E-state index in [1.165, 1.54) is 6.92 Å². The van der Waals surface area contributed by atoms with Crippen molar-refractivity contribution in [1.82, 2.24) is 0 Å². The van der Waals surface area contributed by atoms with Gasteiger partial charge in [-0.3, -0.25) is 9.59 Å². The molecule has 6 nitrogen and oxygen atoms in total. The van der Waals surface area contributed by atoms with Crippen molar-refractivity contribution in [2.75, 3.05) is 13.2 Å². The van der Waals surface area contributed by atoms with Crippen LogP contribution in [0.15, 0.2) is 42.5 Å². The van der Waals surface area contributed by atoms with Crippen LogP contribution < -0.4 is 4.74 Å². The summed E-state index contributed by atoms with van der Waals surface area (Å²) in [6.45, 7) is 4.10. The summed E-state index contributed by atoms with van der Waals surface area (Å²) in [4.78, 5) is 22.7. The molecule has 2 aromatic carbocycles. The molecule has 156 valence electrons. The van der Waals surface area contributed by atoms with Crippen molar-refractivity contribution in [3.8, 4) is 11.5 Å². The number of phenols is 1. The Hall–Kier alpha value is -2.86. The highest BCUT2D eigenvalue weighted by Gasteiger charge is 2.17. The van der Waals surface area contributed by atoms with Crippen molar-refractivity contribution in [2.45, 2.75) is 45.6 Å². The molecule has 0 saturated heterocycles. The monoisotopic (exact) mass is 400 g/mol. The van der Waals surface area contributed by atoms with Gasteiger partial charge in [0.05, 0.1) is 31.3 Å². The van der Waals surface area contributed by atoms with Crippen LogP contribution in [0, 0.1) is 0 Å². The van der Waals surface area contributed by atoms with Gasteiger partial charge in [0, 0.05) is 12.0 Å². The lowest BCUT2D eigenvalue weighted by molar-refractivity contribution is -0.140. The average molecular weight is 400 g/mol. The van der Waals surface area contributed by atoms with E-state index in [9.17, 15) is 14.7 Å². The molecule has 2 rings (SSSR count). The van der Waals surface area contributed by atoms with E-state index < -0.39 is 12.1 Å². The maximum atomic E-state index is 11.6. The van der Waals surface area contributed by atoms with Crippen LogP contribution in [0.4, 0.5) is 0 Å². The summed E-state index contributed by atoms with van der Waals surface area (Å²) in [7, 11) is 0. The van der Waals surface area contributed by atoms with Crippen molar-refractivity contribution in [2.24, 2.45) is 0 Å². The molecule has 2 N–H and O–H groups in total. The van der Waals surface area contributed by atoms with E-state index >= 15 is 0 Å². The zero-order chi connectivity index (χ0) is 21.2. The van der Waals surface area contributed by atoms with Crippen LogP contribution in [0.3, 0.4) is 0 Å². The van der Waals surface area contributed by atoms with Gasteiger partial charge in [0.15, 0.2) is 5.78 Å². The molecule has 0 radical (unpaired) electrons. The summed E-state index contributed by atoms with van der Waals surface area (Å²) in [5.74, 6) is -0.566. The maximum absolute atomic E-state index is 11.6. The number of aliphatic carboxylic acids is 1. The first kappa shape index (κ1) is 22.4. The molecule has 0 aliphatic carbocycles. The van der Waals surface area contributed by atoms with Gasteiger partial charge in [0.2, 0.25) is 0 Å². The zero-order valence-electron chi connectivity index (χ0n) is 16.9. The van der Waals surface area contributed by atoms with E-state index in [0.29, 0.717) is 42.9 Å². The van der Waals surface area contributed by atoms with E-state index in [1.54, 1.807) is 12.1 Å². The van der Waals surface area contributed by atoms with Crippen LogP contribution in [-0.4, -0.2) is 35.2 Å². The number of ketones is 1. The molecule has 0 saturated carbocycles. The number of carbonyl (C=O) groups excluding carboxylic acids is 1. The Balaban J connectivity index is 1.93. The minimum Gasteiger partial charge on any atom is -0.507 e. The zero-order valence-corrected chi connectivity index (χ0v) is 16.9. The first-order valence-corrected chi connectivity index (χ1v) is 9.81. The van der Waals surface area contributed by atoms with Gasteiger partial charge in [-0.05, 0) is 31.0 Å². The Labute approximate surface area is 171 Å². The van der Waals surface area contributed by atoms with Crippen LogP contribution in [0.25, 0.3) is 0 Å². The number of Topliss-reactive ketones (excluding diaryl/α,β-unsaturated/α-hetero) is 1. The third-order valence-corrected chi connectivity index (χ3v) is 4.52. The van der Waals surface area contributed by atoms with Gasteiger partial charge in [-0.1, -0.05) is 43.7 Å². The number of rotatable bonds is 12. The first-order chi connectivity index (χ1) is 13.9. The second-order valence-electron chi connectivity index (χ2n) is 6.81. The number of aromatic hydroxyl groups is 1. The molecule has 0 amide bonds. The van der Waals surface area contributed by atoms with Crippen molar-refractivity contribution >= 4 is 11.8 Å². The fourth-order valence-corrected chi connectivity index (χ4v) is 3.09. The first-order valence-electron chi connectivity index (χ1n) is 9.81. The molecule has 0 fully saturated rings. The molecule has 1 unspecified atom stereocenters. The van der Waals surface area contributed by atoms with Crippen molar-refractivity contribution in [1.29, 1.82) is 0 Å². The van der Waals surface area contributed by atoms with Gasteiger partial charge >= 0.3 is 5.97 Å². The average Bonchev–Trinajstić information content (AvgIpc) is 2.69. The van der Waals surface area contributed by atoms with E-state index in [1.807, 2.05) is 37.3 Å². The predicted octanol–water partition coefficient (Wildman–Crippen LogP) is 4.55. The third-order valence-electron chi connectivity index (χ3n) is 4.52. The van der Waals surface area contributed by atoms with Crippen LogP contribution in [-0.2, 0) is 16.0 Å². The van der Waals surface area contributed by atoms with Crippen molar-refractivity contribution in [3.63, 3.8) is 0 Å². The standard InChI is InChI=1S/C23H28O6/c1-3-8-19-20(12-11-18(16(2)24)23(19)27)28-13-7-14-29-21(15-22(25)26)17-9-5-4-6-10-17/h4-6,9-12,21,27H,3,7-8,13-15H2,1-2H3,(H,25,26). The molecular weight excluding hydrogens is 372 g/mol. The number of benzene rings is 2. The van der Waals surface area contributed by atoms with Crippen LogP contribution in [0.2, 0.25) is 0 Å². The minimum absolute atomic E-state index is 0.0151. The van der Waals surface area contributed by atoms with Crippen LogP contribution in [0.5, 0.6) is 11.5 Å². The fraction of sp³-hybridized carbons (Fsp3) is 0.391. The summed E-state index contributed by atoms with van der Waals surface area (Å²) >= 11 is 0. The summed E-state index contributed by atoms with van der Waals surface area (Å²) < 4.78 is 11.6. The van der Waals surface area contributed by atoms with Gasteiger partial charge in [-0.2, -0.15) is 0 Å². The fourth-order valence-electron chi connectivity index (χ4n) is 3.09. The number of ether oxygens (including phenoxy) is 2. The summed E-state index contributed by atoms with van der Waals surface area (Å²) in [5.41, 5.74) is 1.75. The molecule has 2 aromatic rings. The Morgan fingerprint density at radius 3 is 2.41 bits per heavy atom. The van der Waals surface area contributed by atoms with Crippen molar-refractivity contribution < 1.29 is 29.3 Å². The quantitative estimate of drug-likeness (QED) is 0.401. The Morgan fingerprint density at radius 2 is 1.79 bits per heavy atom. The molecule has 29 heavy (non-hydrogen) atoms. The van der Waals surface area contributed by atoms with Crippen molar-refractivity contribution in [3.05, 3.63) is 59.2 Å². The normalized spacial score (nSPS) is 11.8. The van der Waals surface area contributed by atoms with E-state index in [2.05, 4.69) is 0 Å². The molecule has 0 bridgehead atoms. The molecule has 0 aliphatic heterocycles. The maximum Gasteiger partial charge on any atom is 0.306 e. The number of hydrogen-bond donors (Lipinski definition) is 2. The highest BCUT2D eigenvalue weighted by molar-refractivity contribution is 5.97. The largest absolute Gasteiger partial charge is 0.507 e. The third kappa shape index (κ3) is 6.61. The SMILES string of the molecule is CCCc1c(OCCCOC(CC(=O)O)c2ccccc2)ccc(C(C)=O)c1O. The highest BCUT2D eigenvalue weighted by Crippen LogP contribution is 2.33. The van der Waals surface area contributed by atoms with Gasteiger partial charge in [0.25, 0.3) is 0 Å². The van der Waals surface area contributed by atoms with E-state index in [-0.39, 0.29) is 18.0 Å². The molecule has 0 aliphatic rings. The number of carboxylic acids is 1. The van der Waals surface area contributed by atoms with Crippen LogP contribution in [0.1, 0.15) is 60.7 Å². The lowest BCUT2D eigenvalue weighted by atomic mass is 10.0. The molecule has 1 atom stereocenters. The minimum atomic E-state index is -0.916. The summed E-state index contributed by atoms with van der Waals surface area (Å²) in [5, 5.41) is 19.5. The Bertz CT molecular complexity index is 816. The molecular formula is C23H28O6. The highest BCUT2D eigenvalue weighted by atomic mass is 16.5. The number of hydrogen-bond acceptors (Lipinski definition) is 5. The number of carboxylic acid groups (broad SMARTS) is 1. The van der Waals surface area contributed by atoms with Crippen LogP contribution >= 0.6 is 0 Å². The second-order valence-corrected chi connectivity index (χ2v) is 6.81. The lowest BCUT2D eigenvalue weighted by Crippen LogP contribution is -2.12. The van der Waals surface area contributed by atoms with Gasteiger partial charge < -0.3 is 19.7 Å². The second kappa shape index (κ2) is 11.2. The summed E-state index contributed by atoms with van der Waals surface area (Å²) in [6, 6.07) is 12.5. The van der Waals surface area contributed by atoms with Gasteiger partial charge in [0.1, 0.15) is 11.5 Å². The predicted molar refractivity (Wildman–Crippen MR) is 110 cm³/mol. The van der Waals surface area contributed by atoms with E-state index in [0.717, 1.165) is 12.0 Å². The lowest BCUT2D eigenvalue weighted by Gasteiger charge is -2.17. The topological polar surface area (TPSA) is 93.1 Å². The molecule has 0 spiro atoms. The molecule has 6 heteroatoms. The Morgan fingerprint density at radius 1 is 1.07 bits per heavy atom.